The van der Waals surface area contributed by atoms with Crippen LogP contribution in [0.15, 0.2) is 12.1 Å². The molecule has 130 valence electrons. The fourth-order valence-corrected chi connectivity index (χ4v) is 3.40. The highest BCUT2D eigenvalue weighted by Gasteiger charge is 2.22. The summed E-state index contributed by atoms with van der Waals surface area (Å²) in [5.74, 6) is 2.11. The summed E-state index contributed by atoms with van der Waals surface area (Å²) >= 11 is 6.26. The standard InChI is InChI=1S/C18H28ClNO3/c1-13(2)23-18-15(8-16(19)9-17(18)22-4)11-20-7-5-6-14(10-20)12-21-3/h8-9,13-14H,5-7,10-12H2,1-4H3/t14-/m0/s1. The number of hydrogen-bond donors (Lipinski definition) is 0. The first kappa shape index (κ1) is 18.4. The summed E-state index contributed by atoms with van der Waals surface area (Å²) in [6, 6.07) is 3.80. The Morgan fingerprint density at radius 1 is 1.30 bits per heavy atom. The van der Waals surface area contributed by atoms with Crippen LogP contribution in [0, 0.1) is 5.92 Å². The predicted molar refractivity (Wildman–Crippen MR) is 93.6 cm³/mol. The van der Waals surface area contributed by atoms with Gasteiger partial charge in [0.2, 0.25) is 0 Å². The van der Waals surface area contributed by atoms with Crippen LogP contribution in [0.3, 0.4) is 0 Å². The SMILES string of the molecule is COC[C@H]1CCCN(Cc2cc(Cl)cc(OC)c2OC(C)C)C1. The van der Waals surface area contributed by atoms with Crippen molar-refractivity contribution in [3.63, 3.8) is 0 Å². The summed E-state index contributed by atoms with van der Waals surface area (Å²) in [6.07, 6.45) is 2.52. The Kier molecular flexibility index (Phi) is 7.00. The van der Waals surface area contributed by atoms with Crippen LogP contribution in [-0.2, 0) is 11.3 Å². The Morgan fingerprint density at radius 3 is 2.74 bits per heavy atom. The number of rotatable bonds is 7. The largest absolute Gasteiger partial charge is 0.493 e. The van der Waals surface area contributed by atoms with Crippen LogP contribution in [0.2, 0.25) is 5.02 Å². The lowest BCUT2D eigenvalue weighted by molar-refractivity contribution is 0.0865. The molecule has 0 unspecified atom stereocenters. The number of halogens is 1. The third-order valence-corrected chi connectivity index (χ3v) is 4.29. The van der Waals surface area contributed by atoms with Gasteiger partial charge < -0.3 is 14.2 Å². The molecule has 1 heterocycles. The molecule has 0 N–H and O–H groups in total. The summed E-state index contributed by atoms with van der Waals surface area (Å²) in [5.41, 5.74) is 1.08. The normalized spacial score (nSPS) is 19.1. The fraction of sp³-hybridized carbons (Fsp3) is 0.667. The number of piperidine rings is 1. The van der Waals surface area contributed by atoms with Crippen LogP contribution in [0.25, 0.3) is 0 Å². The molecular formula is C18H28ClNO3. The minimum Gasteiger partial charge on any atom is -0.493 e. The van der Waals surface area contributed by atoms with Crippen molar-refractivity contribution in [1.29, 1.82) is 0 Å². The molecule has 0 bridgehead atoms. The molecule has 4 nitrogen and oxygen atoms in total. The van der Waals surface area contributed by atoms with E-state index in [2.05, 4.69) is 4.90 Å². The summed E-state index contributed by atoms with van der Waals surface area (Å²) in [5, 5.41) is 0.679. The zero-order valence-electron chi connectivity index (χ0n) is 14.6. The third kappa shape index (κ3) is 5.27. The molecule has 0 spiro atoms. The van der Waals surface area contributed by atoms with Crippen molar-refractivity contribution in [3.8, 4) is 11.5 Å². The minimum absolute atomic E-state index is 0.0893. The summed E-state index contributed by atoms with van der Waals surface area (Å²) < 4.78 is 16.8. The van der Waals surface area contributed by atoms with E-state index >= 15 is 0 Å². The molecule has 0 saturated carbocycles. The smallest absolute Gasteiger partial charge is 0.166 e. The first-order valence-corrected chi connectivity index (χ1v) is 8.65. The van der Waals surface area contributed by atoms with E-state index in [1.54, 1.807) is 14.2 Å². The zero-order chi connectivity index (χ0) is 16.8. The van der Waals surface area contributed by atoms with Crippen LogP contribution in [0.4, 0.5) is 0 Å². The van der Waals surface area contributed by atoms with E-state index in [9.17, 15) is 0 Å². The van der Waals surface area contributed by atoms with Crippen LogP contribution >= 0.6 is 11.6 Å². The van der Waals surface area contributed by atoms with E-state index in [1.807, 2.05) is 26.0 Å². The fourth-order valence-electron chi connectivity index (χ4n) is 3.17. The maximum Gasteiger partial charge on any atom is 0.166 e. The Balaban J connectivity index is 2.18. The van der Waals surface area contributed by atoms with Crippen molar-refractivity contribution in [1.82, 2.24) is 4.90 Å². The zero-order valence-corrected chi connectivity index (χ0v) is 15.4. The van der Waals surface area contributed by atoms with Crippen molar-refractivity contribution >= 4 is 11.6 Å². The first-order valence-electron chi connectivity index (χ1n) is 8.27. The number of likely N-dealkylation sites (tertiary alicyclic amines) is 1. The molecule has 0 aliphatic carbocycles. The van der Waals surface area contributed by atoms with Gasteiger partial charge in [0, 0.05) is 36.9 Å². The average molecular weight is 342 g/mol. The van der Waals surface area contributed by atoms with Gasteiger partial charge in [0.15, 0.2) is 11.5 Å². The van der Waals surface area contributed by atoms with E-state index < -0.39 is 0 Å². The van der Waals surface area contributed by atoms with Gasteiger partial charge in [-0.2, -0.15) is 0 Å². The van der Waals surface area contributed by atoms with Crippen molar-refractivity contribution in [2.75, 3.05) is 33.9 Å². The molecule has 0 radical (unpaired) electrons. The highest BCUT2D eigenvalue weighted by Crippen LogP contribution is 2.36. The Bertz CT molecular complexity index is 505. The lowest BCUT2D eigenvalue weighted by Gasteiger charge is -2.33. The summed E-state index contributed by atoms with van der Waals surface area (Å²) in [6.45, 7) is 7.82. The third-order valence-electron chi connectivity index (χ3n) is 4.07. The molecular weight excluding hydrogens is 314 g/mol. The lowest BCUT2D eigenvalue weighted by atomic mass is 9.98. The molecule has 1 atom stereocenters. The van der Waals surface area contributed by atoms with Crippen LogP contribution in [0.1, 0.15) is 32.3 Å². The topological polar surface area (TPSA) is 30.9 Å². The predicted octanol–water partition coefficient (Wildman–Crippen LogP) is 3.99. The molecule has 1 fully saturated rings. The molecule has 5 heteroatoms. The number of hydrogen-bond acceptors (Lipinski definition) is 4. The van der Waals surface area contributed by atoms with Gasteiger partial charge in [-0.1, -0.05) is 11.6 Å². The Morgan fingerprint density at radius 2 is 2.09 bits per heavy atom. The number of benzene rings is 1. The first-order chi connectivity index (χ1) is 11.0. The number of ether oxygens (including phenoxy) is 3. The maximum absolute atomic E-state index is 6.26. The molecule has 1 saturated heterocycles. The van der Waals surface area contributed by atoms with E-state index in [-0.39, 0.29) is 6.10 Å². The van der Waals surface area contributed by atoms with Crippen molar-refractivity contribution < 1.29 is 14.2 Å². The van der Waals surface area contributed by atoms with Crippen LogP contribution in [-0.4, -0.2) is 44.9 Å². The highest BCUT2D eigenvalue weighted by atomic mass is 35.5. The molecule has 0 amide bonds. The van der Waals surface area contributed by atoms with Crippen LogP contribution in [0.5, 0.6) is 11.5 Å². The van der Waals surface area contributed by atoms with Gasteiger partial charge in [-0.3, -0.25) is 4.90 Å². The van der Waals surface area contributed by atoms with Crippen molar-refractivity contribution in [2.45, 2.75) is 39.3 Å². The van der Waals surface area contributed by atoms with E-state index in [0.717, 1.165) is 37.6 Å². The average Bonchev–Trinajstić information content (AvgIpc) is 2.50. The molecule has 1 aromatic carbocycles. The monoisotopic (exact) mass is 341 g/mol. The van der Waals surface area contributed by atoms with Gasteiger partial charge in [-0.25, -0.2) is 0 Å². The van der Waals surface area contributed by atoms with E-state index in [4.69, 9.17) is 25.8 Å². The van der Waals surface area contributed by atoms with E-state index in [0.29, 0.717) is 16.7 Å². The Hall–Kier alpha value is -0.970. The molecule has 1 aliphatic rings. The highest BCUT2D eigenvalue weighted by molar-refractivity contribution is 6.30. The van der Waals surface area contributed by atoms with Crippen LogP contribution < -0.4 is 9.47 Å². The molecule has 0 aromatic heterocycles. The minimum atomic E-state index is 0.0893. The molecule has 2 rings (SSSR count). The lowest BCUT2D eigenvalue weighted by Crippen LogP contribution is -2.36. The van der Waals surface area contributed by atoms with Gasteiger partial charge in [0.1, 0.15) is 0 Å². The second-order valence-electron chi connectivity index (χ2n) is 6.46. The van der Waals surface area contributed by atoms with Gasteiger partial charge in [-0.15, -0.1) is 0 Å². The molecule has 1 aliphatic heterocycles. The van der Waals surface area contributed by atoms with E-state index in [1.165, 1.54) is 12.8 Å². The maximum atomic E-state index is 6.26. The van der Waals surface area contributed by atoms with Gasteiger partial charge in [-0.05, 0) is 45.2 Å². The van der Waals surface area contributed by atoms with Crippen molar-refractivity contribution in [2.24, 2.45) is 5.92 Å². The second-order valence-corrected chi connectivity index (χ2v) is 6.90. The van der Waals surface area contributed by atoms with Gasteiger partial charge in [0.25, 0.3) is 0 Å². The summed E-state index contributed by atoms with van der Waals surface area (Å²) in [7, 11) is 3.42. The summed E-state index contributed by atoms with van der Waals surface area (Å²) in [4.78, 5) is 2.45. The molecule has 23 heavy (non-hydrogen) atoms. The quantitative estimate of drug-likeness (QED) is 0.750. The number of nitrogens with zero attached hydrogens (tertiary/aromatic N) is 1. The molecule has 1 aromatic rings. The van der Waals surface area contributed by atoms with Gasteiger partial charge in [0.05, 0.1) is 19.8 Å². The number of methoxy groups -OCH3 is 2. The second kappa shape index (κ2) is 8.76. The Labute approximate surface area is 144 Å². The van der Waals surface area contributed by atoms with Gasteiger partial charge >= 0.3 is 0 Å². The van der Waals surface area contributed by atoms with Crippen molar-refractivity contribution in [3.05, 3.63) is 22.7 Å².